The molecule has 1 atom stereocenters. The van der Waals surface area contributed by atoms with Gasteiger partial charge in [0, 0.05) is 33.5 Å². The van der Waals surface area contributed by atoms with Crippen LogP contribution in [0.5, 0.6) is 0 Å². The molecule has 314 valence electrons. The minimum Gasteiger partial charge on any atom is -0.310 e. The zero-order valence-corrected chi connectivity index (χ0v) is 36.8. The summed E-state index contributed by atoms with van der Waals surface area (Å²) in [6, 6.07) is 98.2. The topological polar surface area (TPSA) is 8.17 Å². The Hall–Kier alpha value is -8.72. The highest BCUT2D eigenvalue weighted by Crippen LogP contribution is 2.58. The van der Waals surface area contributed by atoms with Crippen LogP contribution < -0.4 is 4.90 Å². The van der Waals surface area contributed by atoms with Gasteiger partial charge in [0.2, 0.25) is 0 Å². The third-order valence-corrected chi connectivity index (χ3v) is 14.0. The predicted molar refractivity (Wildman–Crippen MR) is 281 cm³/mol. The molecule has 0 bridgehead atoms. The zero-order valence-electron chi connectivity index (χ0n) is 36.8. The molecule has 0 saturated heterocycles. The van der Waals surface area contributed by atoms with Gasteiger partial charge >= 0.3 is 0 Å². The molecule has 0 amide bonds. The van der Waals surface area contributed by atoms with Crippen molar-refractivity contribution in [1.29, 1.82) is 0 Å². The van der Waals surface area contributed by atoms with Crippen LogP contribution in [0.25, 0.3) is 71.6 Å². The van der Waals surface area contributed by atoms with E-state index in [-0.39, 0.29) is 0 Å². The summed E-state index contributed by atoms with van der Waals surface area (Å²) in [5.74, 6) is 0. The summed E-state index contributed by atoms with van der Waals surface area (Å²) in [6.45, 7) is 0. The van der Waals surface area contributed by atoms with Crippen molar-refractivity contribution in [2.75, 3.05) is 4.90 Å². The molecule has 1 aromatic heterocycles. The second kappa shape index (κ2) is 15.8. The lowest BCUT2D eigenvalue weighted by atomic mass is 9.67. The molecule has 67 heavy (non-hydrogen) atoms. The van der Waals surface area contributed by atoms with Crippen LogP contribution in [0, 0.1) is 0 Å². The van der Waals surface area contributed by atoms with E-state index in [1.807, 2.05) is 0 Å². The standard InChI is InChI=1S/C65H44N2/c1-5-18-45(19-6-1)47-22-17-25-52(40-47)65(51-23-7-2-8-24-51)61-42-49-21-14-13-20-48(49)41-60(61)57-39-37-56(44-62(57)65)66(53-26-9-3-10-27-53)55-35-32-46(33-36-55)50-34-38-59-58-30-15-16-31-63(58)67(64(59)43-50)54-28-11-4-12-29-54/h1-44H. The summed E-state index contributed by atoms with van der Waals surface area (Å²) in [7, 11) is 0. The van der Waals surface area contributed by atoms with Gasteiger partial charge in [0.15, 0.2) is 0 Å². The number of fused-ring (bicyclic) bond motifs is 7. The first-order valence-electron chi connectivity index (χ1n) is 23.2. The molecular formula is C65H44N2. The maximum Gasteiger partial charge on any atom is 0.0714 e. The Labute approximate surface area is 390 Å². The lowest BCUT2D eigenvalue weighted by Crippen LogP contribution is -2.29. The average molecular weight is 853 g/mol. The van der Waals surface area contributed by atoms with Gasteiger partial charge in [0.25, 0.3) is 0 Å². The highest BCUT2D eigenvalue weighted by Gasteiger charge is 2.47. The largest absolute Gasteiger partial charge is 0.310 e. The number of nitrogens with zero attached hydrogens (tertiary/aromatic N) is 2. The van der Waals surface area contributed by atoms with Crippen LogP contribution in [0.2, 0.25) is 0 Å². The smallest absolute Gasteiger partial charge is 0.0714 e. The average Bonchev–Trinajstić information content (AvgIpc) is 3.89. The van der Waals surface area contributed by atoms with E-state index in [1.165, 1.54) is 88.2 Å². The molecular weight excluding hydrogens is 809 g/mol. The van der Waals surface area contributed by atoms with Crippen molar-refractivity contribution in [2.24, 2.45) is 0 Å². The first kappa shape index (κ1) is 38.7. The van der Waals surface area contributed by atoms with Crippen LogP contribution in [-0.2, 0) is 5.41 Å². The minimum absolute atomic E-state index is 0.607. The van der Waals surface area contributed by atoms with Crippen molar-refractivity contribution in [1.82, 2.24) is 4.57 Å². The molecule has 12 aromatic rings. The van der Waals surface area contributed by atoms with Gasteiger partial charge in [-0.05, 0) is 145 Å². The molecule has 0 spiro atoms. The lowest BCUT2D eigenvalue weighted by molar-refractivity contribution is 0.770. The molecule has 0 saturated carbocycles. The van der Waals surface area contributed by atoms with Crippen molar-refractivity contribution in [3.63, 3.8) is 0 Å². The third-order valence-electron chi connectivity index (χ3n) is 14.0. The quantitative estimate of drug-likeness (QED) is 0.148. The fourth-order valence-electron chi connectivity index (χ4n) is 11.0. The van der Waals surface area contributed by atoms with Crippen LogP contribution in [0.1, 0.15) is 22.3 Å². The number of hydrogen-bond donors (Lipinski definition) is 0. The number of hydrogen-bond acceptors (Lipinski definition) is 1. The lowest BCUT2D eigenvalue weighted by Gasteiger charge is -2.35. The van der Waals surface area contributed by atoms with Crippen molar-refractivity contribution in [2.45, 2.75) is 5.41 Å². The molecule has 1 aliphatic carbocycles. The third kappa shape index (κ3) is 6.26. The summed E-state index contributed by atoms with van der Waals surface area (Å²) in [5, 5.41) is 4.98. The molecule has 2 nitrogen and oxygen atoms in total. The van der Waals surface area contributed by atoms with Gasteiger partial charge < -0.3 is 9.47 Å². The van der Waals surface area contributed by atoms with Gasteiger partial charge in [-0.3, -0.25) is 0 Å². The van der Waals surface area contributed by atoms with Crippen molar-refractivity contribution in [3.8, 4) is 39.1 Å². The molecule has 2 heteroatoms. The van der Waals surface area contributed by atoms with E-state index in [0.717, 1.165) is 22.7 Å². The van der Waals surface area contributed by atoms with Crippen LogP contribution in [0.3, 0.4) is 0 Å². The van der Waals surface area contributed by atoms with Crippen LogP contribution in [0.4, 0.5) is 17.1 Å². The van der Waals surface area contributed by atoms with Crippen molar-refractivity contribution < 1.29 is 0 Å². The minimum atomic E-state index is -0.607. The second-order valence-corrected chi connectivity index (χ2v) is 17.7. The number of rotatable bonds is 8. The van der Waals surface area contributed by atoms with Gasteiger partial charge in [-0.25, -0.2) is 0 Å². The number of anilines is 3. The Balaban J connectivity index is 0.993. The molecule has 0 radical (unpaired) electrons. The molecule has 0 fully saturated rings. The van der Waals surface area contributed by atoms with E-state index >= 15 is 0 Å². The van der Waals surface area contributed by atoms with E-state index in [9.17, 15) is 0 Å². The zero-order chi connectivity index (χ0) is 44.3. The van der Waals surface area contributed by atoms with Crippen LogP contribution in [-0.4, -0.2) is 4.57 Å². The predicted octanol–water partition coefficient (Wildman–Crippen LogP) is 17.1. The van der Waals surface area contributed by atoms with Crippen LogP contribution in [0.15, 0.2) is 267 Å². The number of aromatic nitrogens is 1. The van der Waals surface area contributed by atoms with Gasteiger partial charge in [0.05, 0.1) is 16.4 Å². The molecule has 11 aromatic carbocycles. The first-order chi connectivity index (χ1) is 33.2. The van der Waals surface area contributed by atoms with E-state index < -0.39 is 5.41 Å². The Kier molecular flexibility index (Phi) is 9.11. The fourth-order valence-corrected chi connectivity index (χ4v) is 11.0. The van der Waals surface area contributed by atoms with Crippen LogP contribution >= 0.6 is 0 Å². The highest BCUT2D eigenvalue weighted by molar-refractivity contribution is 6.10. The summed E-state index contributed by atoms with van der Waals surface area (Å²) < 4.78 is 2.39. The second-order valence-electron chi connectivity index (χ2n) is 17.7. The Morgan fingerprint density at radius 3 is 1.61 bits per heavy atom. The maximum absolute atomic E-state index is 2.47. The van der Waals surface area contributed by atoms with E-state index in [2.05, 4.69) is 276 Å². The normalized spacial score (nSPS) is 14.0. The van der Waals surface area contributed by atoms with Gasteiger partial charge in [-0.15, -0.1) is 0 Å². The van der Waals surface area contributed by atoms with E-state index in [0.29, 0.717) is 0 Å². The number of para-hydroxylation sites is 3. The monoisotopic (exact) mass is 852 g/mol. The molecule has 1 aliphatic rings. The molecule has 1 heterocycles. The SMILES string of the molecule is c1ccc(-c2cccc(C3(c4ccccc4)c4cc(N(c5ccccc5)c5ccc(-c6ccc7c8ccccc8n(-c8ccccc8)c7c6)cc5)ccc4-c4cc5ccccc5cc43)c2)cc1. The molecule has 0 aliphatic heterocycles. The molecule has 0 N–H and O–H groups in total. The summed E-state index contributed by atoms with van der Waals surface area (Å²) >= 11 is 0. The first-order valence-corrected chi connectivity index (χ1v) is 23.2. The van der Waals surface area contributed by atoms with Crippen molar-refractivity contribution >= 4 is 49.6 Å². The number of benzene rings is 11. The molecule has 13 rings (SSSR count). The summed E-state index contributed by atoms with van der Waals surface area (Å²) in [4.78, 5) is 2.41. The maximum atomic E-state index is 2.47. The summed E-state index contributed by atoms with van der Waals surface area (Å²) in [6.07, 6.45) is 0. The molecule has 1 unspecified atom stereocenters. The fraction of sp³-hybridized carbons (Fsp3) is 0.0154. The van der Waals surface area contributed by atoms with Gasteiger partial charge in [-0.1, -0.05) is 188 Å². The van der Waals surface area contributed by atoms with Gasteiger partial charge in [-0.2, -0.15) is 0 Å². The summed E-state index contributed by atoms with van der Waals surface area (Å²) in [5.41, 5.74) is 18.6. The Morgan fingerprint density at radius 2 is 0.836 bits per heavy atom. The van der Waals surface area contributed by atoms with Gasteiger partial charge in [0.1, 0.15) is 0 Å². The Bertz CT molecular complexity index is 3780. The Morgan fingerprint density at radius 1 is 0.299 bits per heavy atom. The van der Waals surface area contributed by atoms with E-state index in [1.54, 1.807) is 0 Å². The van der Waals surface area contributed by atoms with E-state index in [4.69, 9.17) is 0 Å². The highest BCUT2D eigenvalue weighted by atomic mass is 15.1. The van der Waals surface area contributed by atoms with Crippen molar-refractivity contribution in [3.05, 3.63) is 289 Å².